The van der Waals surface area contributed by atoms with Crippen LogP contribution in [0.4, 0.5) is 5.13 Å². The Hall–Kier alpha value is -3.26. The van der Waals surface area contributed by atoms with Crippen molar-refractivity contribution in [2.45, 2.75) is 13.5 Å². The van der Waals surface area contributed by atoms with Gasteiger partial charge in [0, 0.05) is 12.3 Å². The van der Waals surface area contributed by atoms with Crippen LogP contribution in [0.2, 0.25) is 0 Å². The van der Waals surface area contributed by atoms with Crippen LogP contribution in [0.25, 0.3) is 10.2 Å². The third-order valence-corrected chi connectivity index (χ3v) is 5.00. The molecule has 3 heterocycles. The van der Waals surface area contributed by atoms with E-state index < -0.39 is 0 Å². The number of rotatable bonds is 5. The monoisotopic (exact) mass is 380 g/mol. The number of carbonyl (C=O) groups is 1. The number of aryl methyl sites for hydroxylation is 1. The number of para-hydroxylation sites is 1. The molecule has 0 atom stereocenters. The molecule has 0 N–H and O–H groups in total. The second kappa shape index (κ2) is 7.16. The molecule has 0 unspecified atom stereocenters. The largest absolute Gasteiger partial charge is 0.494 e. The first kappa shape index (κ1) is 17.2. The summed E-state index contributed by atoms with van der Waals surface area (Å²) in [7, 11) is 1.60. The van der Waals surface area contributed by atoms with E-state index >= 15 is 0 Å². The molecule has 1 aromatic carbocycles. The maximum absolute atomic E-state index is 13.1. The van der Waals surface area contributed by atoms with Gasteiger partial charge in [0.1, 0.15) is 11.3 Å². The minimum Gasteiger partial charge on any atom is -0.494 e. The summed E-state index contributed by atoms with van der Waals surface area (Å²) >= 11 is 1.41. The first-order valence-electron chi connectivity index (χ1n) is 8.24. The smallest absolute Gasteiger partial charge is 0.299 e. The van der Waals surface area contributed by atoms with Gasteiger partial charge in [0.15, 0.2) is 5.13 Å². The number of hydrogen-bond donors (Lipinski definition) is 0. The zero-order chi connectivity index (χ0) is 18.8. The first-order valence-corrected chi connectivity index (χ1v) is 9.06. The van der Waals surface area contributed by atoms with Crippen molar-refractivity contribution in [3.8, 4) is 5.75 Å². The number of amides is 1. The van der Waals surface area contributed by atoms with Crippen molar-refractivity contribution in [3.05, 3.63) is 65.8 Å². The number of benzene rings is 1. The van der Waals surface area contributed by atoms with Crippen LogP contribution in [0, 0.1) is 6.92 Å². The molecule has 0 fully saturated rings. The van der Waals surface area contributed by atoms with Crippen molar-refractivity contribution in [1.29, 1.82) is 0 Å². The molecule has 27 heavy (non-hydrogen) atoms. The number of methoxy groups -OCH3 is 1. The molecule has 0 aliphatic carbocycles. The van der Waals surface area contributed by atoms with Gasteiger partial charge in [-0.3, -0.25) is 14.7 Å². The molecule has 8 heteroatoms. The summed E-state index contributed by atoms with van der Waals surface area (Å²) in [5.74, 6) is 0.504. The number of anilines is 1. The number of carbonyl (C=O) groups excluding carboxylic acids is 1. The summed E-state index contributed by atoms with van der Waals surface area (Å²) in [6, 6.07) is 12.9. The number of pyridine rings is 1. The Kier molecular flexibility index (Phi) is 4.55. The first-order chi connectivity index (χ1) is 13.2. The van der Waals surface area contributed by atoms with E-state index in [4.69, 9.17) is 9.26 Å². The molecule has 1 amide bonds. The molecule has 4 aromatic rings. The van der Waals surface area contributed by atoms with Crippen LogP contribution >= 0.6 is 11.3 Å². The third-order valence-electron chi connectivity index (χ3n) is 3.95. The van der Waals surface area contributed by atoms with E-state index in [0.717, 1.165) is 10.4 Å². The zero-order valence-corrected chi connectivity index (χ0v) is 15.6. The van der Waals surface area contributed by atoms with Crippen molar-refractivity contribution in [2.24, 2.45) is 0 Å². The summed E-state index contributed by atoms with van der Waals surface area (Å²) in [6.07, 6.45) is 1.69. The van der Waals surface area contributed by atoms with E-state index in [1.165, 1.54) is 11.3 Å². The van der Waals surface area contributed by atoms with Gasteiger partial charge in [-0.25, -0.2) is 4.98 Å². The van der Waals surface area contributed by atoms with Gasteiger partial charge in [0.05, 0.1) is 29.7 Å². The van der Waals surface area contributed by atoms with Crippen LogP contribution in [-0.2, 0) is 6.54 Å². The predicted octanol–water partition coefficient (Wildman–Crippen LogP) is 3.84. The van der Waals surface area contributed by atoms with Crippen LogP contribution in [0.1, 0.15) is 21.9 Å². The maximum Gasteiger partial charge on any atom is 0.299 e. The van der Waals surface area contributed by atoms with Gasteiger partial charge >= 0.3 is 0 Å². The van der Waals surface area contributed by atoms with Crippen LogP contribution in [0.15, 0.2) is 53.2 Å². The Bertz CT molecular complexity index is 1090. The molecule has 7 nitrogen and oxygen atoms in total. The number of hydrogen-bond acceptors (Lipinski definition) is 7. The predicted molar refractivity (Wildman–Crippen MR) is 102 cm³/mol. The number of nitrogens with zero attached hydrogens (tertiary/aromatic N) is 4. The fourth-order valence-corrected chi connectivity index (χ4v) is 3.65. The normalized spacial score (nSPS) is 10.9. The van der Waals surface area contributed by atoms with E-state index in [1.54, 1.807) is 31.2 Å². The molecular formula is C19H16N4O3S. The van der Waals surface area contributed by atoms with Crippen molar-refractivity contribution in [2.75, 3.05) is 12.0 Å². The lowest BCUT2D eigenvalue weighted by atomic mass is 10.3. The lowest BCUT2D eigenvalue weighted by Crippen LogP contribution is -2.30. The highest BCUT2D eigenvalue weighted by Gasteiger charge is 2.25. The van der Waals surface area contributed by atoms with Crippen LogP contribution in [0.5, 0.6) is 5.75 Å². The second-order valence-corrected chi connectivity index (χ2v) is 6.86. The van der Waals surface area contributed by atoms with Crippen LogP contribution < -0.4 is 9.64 Å². The summed E-state index contributed by atoms with van der Waals surface area (Å²) < 4.78 is 11.5. The molecule has 0 saturated carbocycles. The molecule has 4 rings (SSSR count). The Morgan fingerprint density at radius 1 is 1.26 bits per heavy atom. The standard InChI is InChI=1S/C19H16N4O3S/c1-12-10-15(26-22-12)18(24)23(11-13-6-3-4-9-20-13)19-21-17-14(25-2)7-5-8-16(17)27-19/h3-10H,11H2,1-2H3. The van der Waals surface area contributed by atoms with Gasteiger partial charge in [0.2, 0.25) is 5.76 Å². The summed E-state index contributed by atoms with van der Waals surface area (Å²) in [5, 5.41) is 4.36. The van der Waals surface area contributed by atoms with Crippen molar-refractivity contribution < 1.29 is 14.1 Å². The number of thiazole rings is 1. The van der Waals surface area contributed by atoms with E-state index in [1.807, 2.05) is 36.4 Å². The minimum absolute atomic E-state index is 0.162. The van der Waals surface area contributed by atoms with Crippen molar-refractivity contribution in [3.63, 3.8) is 0 Å². The number of fused-ring (bicyclic) bond motifs is 1. The second-order valence-electron chi connectivity index (χ2n) is 5.85. The lowest BCUT2D eigenvalue weighted by molar-refractivity contribution is 0.0949. The Morgan fingerprint density at radius 3 is 2.85 bits per heavy atom. The Labute approximate surface area is 159 Å². The minimum atomic E-state index is -0.320. The summed E-state index contributed by atoms with van der Waals surface area (Å²) in [6.45, 7) is 2.04. The van der Waals surface area contributed by atoms with Gasteiger partial charge < -0.3 is 9.26 Å². The lowest BCUT2D eigenvalue weighted by Gasteiger charge is -2.17. The molecule has 136 valence electrons. The van der Waals surface area contributed by atoms with Crippen molar-refractivity contribution in [1.82, 2.24) is 15.1 Å². The molecule has 0 spiro atoms. The molecule has 0 aliphatic rings. The fourth-order valence-electron chi connectivity index (χ4n) is 2.67. The topological polar surface area (TPSA) is 81.4 Å². The number of aromatic nitrogens is 3. The van der Waals surface area contributed by atoms with E-state index in [9.17, 15) is 4.79 Å². The van der Waals surface area contributed by atoms with Gasteiger partial charge in [-0.05, 0) is 31.2 Å². The highest BCUT2D eigenvalue weighted by atomic mass is 32.1. The van der Waals surface area contributed by atoms with Gasteiger partial charge in [-0.2, -0.15) is 0 Å². The molecular weight excluding hydrogens is 364 g/mol. The average molecular weight is 380 g/mol. The van der Waals surface area contributed by atoms with Gasteiger partial charge in [-0.1, -0.05) is 28.6 Å². The maximum atomic E-state index is 13.1. The zero-order valence-electron chi connectivity index (χ0n) is 14.7. The van der Waals surface area contributed by atoms with Gasteiger partial charge in [0.25, 0.3) is 5.91 Å². The van der Waals surface area contributed by atoms with E-state index in [0.29, 0.717) is 22.1 Å². The quantitative estimate of drug-likeness (QED) is 0.523. The molecule has 0 bridgehead atoms. The molecule has 0 saturated heterocycles. The third kappa shape index (κ3) is 3.39. The Balaban J connectivity index is 1.78. The summed E-state index contributed by atoms with van der Waals surface area (Å²) in [5.41, 5.74) is 2.10. The SMILES string of the molecule is COc1cccc2sc(N(Cc3ccccn3)C(=O)c3cc(C)no3)nc12. The highest BCUT2D eigenvalue weighted by molar-refractivity contribution is 7.22. The van der Waals surface area contributed by atoms with E-state index in [2.05, 4.69) is 15.1 Å². The fraction of sp³-hybridized carbons (Fsp3) is 0.158. The van der Waals surface area contributed by atoms with E-state index in [-0.39, 0.29) is 18.2 Å². The molecule has 0 radical (unpaired) electrons. The average Bonchev–Trinajstić information content (AvgIpc) is 3.32. The molecule has 0 aliphatic heterocycles. The van der Waals surface area contributed by atoms with Crippen LogP contribution in [0.3, 0.4) is 0 Å². The molecule has 3 aromatic heterocycles. The highest BCUT2D eigenvalue weighted by Crippen LogP contribution is 2.35. The summed E-state index contributed by atoms with van der Waals surface area (Å²) in [4.78, 5) is 23.6. The van der Waals surface area contributed by atoms with Gasteiger partial charge in [-0.15, -0.1) is 0 Å². The Morgan fingerprint density at radius 2 is 2.15 bits per heavy atom. The van der Waals surface area contributed by atoms with Crippen molar-refractivity contribution >= 4 is 32.6 Å². The number of ether oxygens (including phenoxy) is 1. The van der Waals surface area contributed by atoms with Crippen LogP contribution in [-0.4, -0.2) is 28.1 Å².